The predicted molar refractivity (Wildman–Crippen MR) is 74.6 cm³/mol. The van der Waals surface area contributed by atoms with Gasteiger partial charge in [-0.3, -0.25) is 4.79 Å². The molecular formula is C13H15ClO5S. The Hall–Kier alpha value is -1.11. The second-order valence-electron chi connectivity index (χ2n) is 4.91. The summed E-state index contributed by atoms with van der Waals surface area (Å²) in [6.45, 7) is 0.746. The second kappa shape index (κ2) is 5.02. The molecule has 1 aromatic carbocycles. The van der Waals surface area contributed by atoms with Crippen LogP contribution in [-0.2, 0) is 14.6 Å². The number of aliphatic hydroxyl groups is 1. The number of sulfone groups is 1. The molecule has 1 aromatic rings. The highest BCUT2D eigenvalue weighted by atomic mass is 35.5. The van der Waals surface area contributed by atoms with Gasteiger partial charge >= 0.3 is 5.97 Å². The standard InChI is InChI=1S/C13H15ClO5S/c1-2-20(18,19)11-10(13(11,7-15)12(16)17)8-4-3-5-9(14)6-8/h3-6,10-11,15H,2,7H2,1H3,(H,16,17)/t10-,11-,13-/m1/s1. The summed E-state index contributed by atoms with van der Waals surface area (Å²) in [5.74, 6) is -2.23. The molecular weight excluding hydrogens is 304 g/mol. The van der Waals surface area contributed by atoms with E-state index in [2.05, 4.69) is 0 Å². The molecule has 0 saturated heterocycles. The van der Waals surface area contributed by atoms with E-state index < -0.39 is 39.0 Å². The van der Waals surface area contributed by atoms with E-state index in [1.165, 1.54) is 6.92 Å². The summed E-state index contributed by atoms with van der Waals surface area (Å²) in [5.41, 5.74) is -1.14. The molecule has 2 N–H and O–H groups in total. The van der Waals surface area contributed by atoms with Gasteiger partial charge in [0.2, 0.25) is 0 Å². The van der Waals surface area contributed by atoms with E-state index in [0.717, 1.165) is 0 Å². The van der Waals surface area contributed by atoms with E-state index in [0.29, 0.717) is 10.6 Å². The Labute approximate surface area is 122 Å². The average molecular weight is 319 g/mol. The molecule has 1 saturated carbocycles. The van der Waals surface area contributed by atoms with Crippen LogP contribution in [0.15, 0.2) is 24.3 Å². The highest BCUT2D eigenvalue weighted by Gasteiger charge is 2.75. The highest BCUT2D eigenvalue weighted by molar-refractivity contribution is 7.92. The molecule has 1 aliphatic rings. The molecule has 0 heterocycles. The lowest BCUT2D eigenvalue weighted by Crippen LogP contribution is -2.28. The largest absolute Gasteiger partial charge is 0.481 e. The summed E-state index contributed by atoms with van der Waals surface area (Å²) in [5, 5.41) is 18.1. The van der Waals surface area contributed by atoms with Gasteiger partial charge in [0.25, 0.3) is 0 Å². The van der Waals surface area contributed by atoms with Crippen LogP contribution in [0.5, 0.6) is 0 Å². The minimum absolute atomic E-state index is 0.163. The van der Waals surface area contributed by atoms with Gasteiger partial charge in [0.1, 0.15) is 5.41 Å². The van der Waals surface area contributed by atoms with Crippen molar-refractivity contribution in [1.29, 1.82) is 0 Å². The average Bonchev–Trinajstić information content (AvgIpc) is 3.10. The number of aliphatic hydroxyl groups excluding tert-OH is 1. The van der Waals surface area contributed by atoms with Gasteiger partial charge in [-0.2, -0.15) is 0 Å². The molecule has 0 amide bonds. The molecule has 0 bridgehead atoms. The summed E-state index contributed by atoms with van der Waals surface area (Å²) in [6, 6.07) is 6.44. The van der Waals surface area contributed by atoms with Gasteiger partial charge in [-0.05, 0) is 17.7 Å². The van der Waals surface area contributed by atoms with E-state index in [4.69, 9.17) is 11.6 Å². The van der Waals surface area contributed by atoms with E-state index in [1.807, 2.05) is 0 Å². The van der Waals surface area contributed by atoms with Gasteiger partial charge in [-0.25, -0.2) is 8.42 Å². The SMILES string of the molecule is CCS(=O)(=O)[C@@H]1[C@@H](c2cccc(Cl)c2)[C@@]1(CO)C(=O)O. The lowest BCUT2D eigenvalue weighted by Gasteiger charge is -2.08. The van der Waals surface area contributed by atoms with Crippen LogP contribution in [0.3, 0.4) is 0 Å². The summed E-state index contributed by atoms with van der Waals surface area (Å²) in [7, 11) is -3.58. The quantitative estimate of drug-likeness (QED) is 0.854. The number of rotatable bonds is 5. The van der Waals surface area contributed by atoms with Crippen molar-refractivity contribution in [2.24, 2.45) is 5.41 Å². The van der Waals surface area contributed by atoms with Gasteiger partial charge < -0.3 is 10.2 Å². The Kier molecular flexibility index (Phi) is 3.83. The first-order valence-corrected chi connectivity index (χ1v) is 8.22. The van der Waals surface area contributed by atoms with E-state index in [9.17, 15) is 23.4 Å². The molecule has 0 radical (unpaired) electrons. The maximum Gasteiger partial charge on any atom is 0.314 e. The van der Waals surface area contributed by atoms with Gasteiger partial charge in [0.05, 0.1) is 11.9 Å². The molecule has 0 aliphatic heterocycles. The topological polar surface area (TPSA) is 91.7 Å². The fourth-order valence-corrected chi connectivity index (χ4v) is 5.05. The Morgan fingerprint density at radius 3 is 2.55 bits per heavy atom. The molecule has 2 rings (SSSR count). The number of carbonyl (C=O) groups is 1. The van der Waals surface area contributed by atoms with E-state index >= 15 is 0 Å². The zero-order chi connectivity index (χ0) is 15.1. The molecule has 20 heavy (non-hydrogen) atoms. The van der Waals surface area contributed by atoms with E-state index in [1.54, 1.807) is 24.3 Å². The number of benzene rings is 1. The Balaban J connectivity index is 2.54. The van der Waals surface area contributed by atoms with Crippen LogP contribution in [0.1, 0.15) is 18.4 Å². The molecule has 0 spiro atoms. The van der Waals surface area contributed by atoms with Crippen molar-refractivity contribution in [3.63, 3.8) is 0 Å². The zero-order valence-electron chi connectivity index (χ0n) is 10.8. The van der Waals surface area contributed by atoms with Crippen LogP contribution >= 0.6 is 11.6 Å². The summed E-state index contributed by atoms with van der Waals surface area (Å²) < 4.78 is 24.2. The molecule has 0 unspecified atom stereocenters. The maximum absolute atomic E-state index is 12.1. The van der Waals surface area contributed by atoms with Crippen LogP contribution < -0.4 is 0 Å². The number of carboxylic acid groups (broad SMARTS) is 1. The Morgan fingerprint density at radius 1 is 1.45 bits per heavy atom. The van der Waals surface area contributed by atoms with E-state index in [-0.39, 0.29) is 5.75 Å². The van der Waals surface area contributed by atoms with Crippen molar-refractivity contribution in [3.05, 3.63) is 34.9 Å². The molecule has 110 valence electrons. The minimum atomic E-state index is -3.58. The minimum Gasteiger partial charge on any atom is -0.481 e. The first-order valence-electron chi connectivity index (χ1n) is 6.12. The monoisotopic (exact) mass is 318 g/mol. The summed E-state index contributed by atoms with van der Waals surface area (Å²) >= 11 is 5.87. The number of aliphatic carboxylic acids is 1. The first-order chi connectivity index (χ1) is 9.31. The lowest BCUT2D eigenvalue weighted by molar-refractivity contribution is -0.145. The predicted octanol–water partition coefficient (Wildman–Crippen LogP) is 1.30. The zero-order valence-corrected chi connectivity index (χ0v) is 12.4. The van der Waals surface area contributed by atoms with Crippen molar-refractivity contribution in [2.45, 2.75) is 18.1 Å². The molecule has 1 fully saturated rings. The lowest BCUT2D eigenvalue weighted by atomic mass is 10.0. The number of hydrogen-bond donors (Lipinski definition) is 2. The molecule has 0 aromatic heterocycles. The highest BCUT2D eigenvalue weighted by Crippen LogP contribution is 2.63. The third-order valence-electron chi connectivity index (χ3n) is 3.91. The van der Waals surface area contributed by atoms with Crippen LogP contribution in [0, 0.1) is 5.41 Å². The van der Waals surface area contributed by atoms with Crippen molar-refractivity contribution in [2.75, 3.05) is 12.4 Å². The third-order valence-corrected chi connectivity index (χ3v) is 6.42. The van der Waals surface area contributed by atoms with Gasteiger partial charge in [0, 0.05) is 16.7 Å². The fourth-order valence-electron chi connectivity index (χ4n) is 2.79. The van der Waals surface area contributed by atoms with Crippen molar-refractivity contribution >= 4 is 27.4 Å². The van der Waals surface area contributed by atoms with Crippen molar-refractivity contribution in [1.82, 2.24) is 0 Å². The van der Waals surface area contributed by atoms with Crippen LogP contribution in [-0.4, -0.2) is 42.2 Å². The number of carboxylic acids is 1. The summed E-state index contributed by atoms with van der Waals surface area (Å²) in [6.07, 6.45) is 0. The third kappa shape index (κ3) is 2.12. The van der Waals surface area contributed by atoms with Gasteiger partial charge in [0.15, 0.2) is 9.84 Å². The Bertz CT molecular complexity index is 642. The maximum atomic E-state index is 12.1. The molecule has 3 atom stereocenters. The summed E-state index contributed by atoms with van der Waals surface area (Å²) in [4.78, 5) is 11.5. The molecule has 1 aliphatic carbocycles. The number of halogens is 1. The fraction of sp³-hybridized carbons (Fsp3) is 0.462. The van der Waals surface area contributed by atoms with Crippen LogP contribution in [0.25, 0.3) is 0 Å². The van der Waals surface area contributed by atoms with Crippen molar-refractivity contribution in [3.8, 4) is 0 Å². The van der Waals surface area contributed by atoms with Gasteiger partial charge in [-0.15, -0.1) is 0 Å². The Morgan fingerprint density at radius 2 is 2.10 bits per heavy atom. The van der Waals surface area contributed by atoms with Crippen LogP contribution in [0.4, 0.5) is 0 Å². The molecule has 5 nitrogen and oxygen atoms in total. The first kappa shape index (κ1) is 15.3. The number of hydrogen-bond acceptors (Lipinski definition) is 4. The normalized spacial score (nSPS) is 29.1. The van der Waals surface area contributed by atoms with Crippen LogP contribution in [0.2, 0.25) is 5.02 Å². The second-order valence-corrected chi connectivity index (χ2v) is 7.76. The molecule has 7 heteroatoms. The van der Waals surface area contributed by atoms with Crippen molar-refractivity contribution < 1.29 is 23.4 Å². The smallest absolute Gasteiger partial charge is 0.314 e. The van der Waals surface area contributed by atoms with Gasteiger partial charge in [-0.1, -0.05) is 30.7 Å².